The van der Waals surface area contributed by atoms with Gasteiger partial charge in [0.1, 0.15) is 22.1 Å². The molecule has 0 bridgehead atoms. The van der Waals surface area contributed by atoms with Crippen LogP contribution in [0.15, 0.2) is 34.4 Å². The molecule has 2 aliphatic rings. The van der Waals surface area contributed by atoms with Crippen LogP contribution in [0.3, 0.4) is 0 Å². The molecule has 0 aliphatic carbocycles. The molecule has 2 aliphatic heterocycles. The molecule has 5 rings (SSSR count). The van der Waals surface area contributed by atoms with E-state index >= 15 is 0 Å². The molecule has 4 heterocycles. The maximum Gasteiger partial charge on any atom is 0.573 e. The molecule has 2 saturated heterocycles. The number of halogens is 3. The number of hydrogen-bond acceptors (Lipinski definition) is 9. The first-order valence-corrected chi connectivity index (χ1v) is 12.5. The Morgan fingerprint density at radius 3 is 2.64 bits per heavy atom. The van der Waals surface area contributed by atoms with Gasteiger partial charge in [0, 0.05) is 36.6 Å². The number of morpholine rings is 1. The molecule has 2 aromatic heterocycles. The van der Waals surface area contributed by atoms with E-state index in [0.29, 0.717) is 59.9 Å². The van der Waals surface area contributed by atoms with Crippen molar-refractivity contribution in [2.75, 3.05) is 49.6 Å². The highest BCUT2D eigenvalue weighted by Crippen LogP contribution is 2.33. The number of H-pyrrole nitrogens is 1. The predicted octanol–water partition coefficient (Wildman–Crippen LogP) is 3.46. The molecule has 9 nitrogen and oxygen atoms in total. The molecule has 0 radical (unpaired) electrons. The highest BCUT2D eigenvalue weighted by atomic mass is 32.1. The summed E-state index contributed by atoms with van der Waals surface area (Å²) >= 11 is 1.27. The molecule has 0 spiro atoms. The van der Waals surface area contributed by atoms with Gasteiger partial charge in [0.15, 0.2) is 0 Å². The molecule has 3 aromatic rings. The molecule has 0 saturated carbocycles. The van der Waals surface area contributed by atoms with E-state index in [4.69, 9.17) is 9.72 Å². The Hall–Kier alpha value is -3.16. The standard InChI is InChI=1S/C23H25F3N6O3S/c24-23(25,26)35-16-5-3-14(4-6-16)17-13-36-21(29-17)18-19(28-15-2-1-7-27-12-15)30-22(31-20(18)33)32-8-10-34-11-9-32/h3-6,13,15,27H,1-2,7-12H2,(H2,28,30,31,33). The van der Waals surface area contributed by atoms with Gasteiger partial charge in [-0.3, -0.25) is 9.78 Å². The van der Waals surface area contributed by atoms with Crippen LogP contribution < -0.4 is 25.8 Å². The van der Waals surface area contributed by atoms with Crippen molar-refractivity contribution in [3.63, 3.8) is 0 Å². The lowest BCUT2D eigenvalue weighted by molar-refractivity contribution is -0.274. The number of nitrogens with zero attached hydrogens (tertiary/aromatic N) is 3. The number of thiazole rings is 1. The molecular formula is C23H25F3N6O3S. The summed E-state index contributed by atoms with van der Waals surface area (Å²) in [6.07, 6.45) is -2.79. The minimum Gasteiger partial charge on any atom is -0.406 e. The van der Waals surface area contributed by atoms with E-state index in [9.17, 15) is 18.0 Å². The molecule has 1 atom stereocenters. The minimum atomic E-state index is -4.76. The highest BCUT2D eigenvalue weighted by Gasteiger charge is 2.31. The summed E-state index contributed by atoms with van der Waals surface area (Å²) in [6, 6.07) is 5.57. The zero-order valence-electron chi connectivity index (χ0n) is 19.2. The van der Waals surface area contributed by atoms with Crippen molar-refractivity contribution in [3.8, 4) is 27.6 Å². The molecule has 36 heavy (non-hydrogen) atoms. The van der Waals surface area contributed by atoms with Crippen LogP contribution in [-0.4, -0.2) is 66.7 Å². The third-order valence-corrected chi connectivity index (χ3v) is 6.82. The summed E-state index contributed by atoms with van der Waals surface area (Å²) in [5.41, 5.74) is 1.17. The van der Waals surface area contributed by atoms with Gasteiger partial charge < -0.3 is 25.0 Å². The topological polar surface area (TPSA) is 104 Å². The highest BCUT2D eigenvalue weighted by molar-refractivity contribution is 7.13. The predicted molar refractivity (Wildman–Crippen MR) is 131 cm³/mol. The van der Waals surface area contributed by atoms with Crippen LogP contribution in [0.4, 0.5) is 24.9 Å². The fourth-order valence-corrected chi connectivity index (χ4v) is 5.08. The van der Waals surface area contributed by atoms with Crippen LogP contribution in [0, 0.1) is 0 Å². The molecule has 1 unspecified atom stereocenters. The van der Waals surface area contributed by atoms with Crippen molar-refractivity contribution < 1.29 is 22.6 Å². The lowest BCUT2D eigenvalue weighted by Crippen LogP contribution is -2.40. The normalized spacial score (nSPS) is 18.8. The number of ether oxygens (including phenoxy) is 2. The van der Waals surface area contributed by atoms with Gasteiger partial charge in [-0.1, -0.05) is 0 Å². The smallest absolute Gasteiger partial charge is 0.406 e. The first kappa shape index (κ1) is 24.5. The maximum atomic E-state index is 13.3. The number of aromatic nitrogens is 3. The first-order valence-electron chi connectivity index (χ1n) is 11.6. The number of aromatic amines is 1. The molecule has 13 heteroatoms. The third-order valence-electron chi connectivity index (χ3n) is 5.96. The zero-order chi connectivity index (χ0) is 25.1. The Morgan fingerprint density at radius 2 is 1.94 bits per heavy atom. The SMILES string of the molecule is O=c1[nH]c(N2CCOCC2)nc(NC2CCCNC2)c1-c1nc(-c2ccc(OC(F)(F)F)cc2)cs1. The number of benzene rings is 1. The summed E-state index contributed by atoms with van der Waals surface area (Å²) < 4.78 is 46.7. The Morgan fingerprint density at radius 1 is 1.17 bits per heavy atom. The number of rotatable bonds is 6. The van der Waals surface area contributed by atoms with Crippen LogP contribution in [0.1, 0.15) is 12.8 Å². The van der Waals surface area contributed by atoms with Crippen molar-refractivity contribution in [3.05, 3.63) is 40.0 Å². The van der Waals surface area contributed by atoms with Gasteiger partial charge >= 0.3 is 6.36 Å². The number of hydrogen-bond donors (Lipinski definition) is 3. The van der Waals surface area contributed by atoms with E-state index in [-0.39, 0.29) is 17.4 Å². The van der Waals surface area contributed by atoms with Gasteiger partial charge in [-0.15, -0.1) is 24.5 Å². The van der Waals surface area contributed by atoms with Crippen LogP contribution in [0.5, 0.6) is 5.75 Å². The van der Waals surface area contributed by atoms with E-state index in [1.54, 1.807) is 5.38 Å². The molecular weight excluding hydrogens is 497 g/mol. The van der Waals surface area contributed by atoms with Crippen LogP contribution in [0.25, 0.3) is 21.8 Å². The van der Waals surface area contributed by atoms with Crippen molar-refractivity contribution >= 4 is 23.1 Å². The number of anilines is 2. The van der Waals surface area contributed by atoms with E-state index in [1.165, 1.54) is 35.6 Å². The Bertz CT molecular complexity index is 1240. The van der Waals surface area contributed by atoms with Crippen molar-refractivity contribution in [2.24, 2.45) is 0 Å². The van der Waals surface area contributed by atoms with Crippen LogP contribution in [0.2, 0.25) is 0 Å². The minimum absolute atomic E-state index is 0.116. The average molecular weight is 523 g/mol. The van der Waals surface area contributed by atoms with E-state index < -0.39 is 6.36 Å². The second kappa shape index (κ2) is 10.4. The van der Waals surface area contributed by atoms with Gasteiger partial charge in [0.05, 0.1) is 18.9 Å². The van der Waals surface area contributed by atoms with Crippen molar-refractivity contribution in [1.82, 2.24) is 20.3 Å². The number of nitrogens with one attached hydrogen (secondary N) is 3. The van der Waals surface area contributed by atoms with Crippen LogP contribution >= 0.6 is 11.3 Å². The molecule has 0 amide bonds. The summed E-state index contributed by atoms with van der Waals surface area (Å²) in [4.78, 5) is 27.6. The fraction of sp³-hybridized carbons (Fsp3) is 0.435. The number of piperidine rings is 1. The fourth-order valence-electron chi connectivity index (χ4n) is 4.21. The zero-order valence-corrected chi connectivity index (χ0v) is 20.0. The third kappa shape index (κ3) is 5.79. The van der Waals surface area contributed by atoms with E-state index in [1.807, 2.05) is 4.90 Å². The summed E-state index contributed by atoms with van der Waals surface area (Å²) in [5, 5.41) is 9.02. The van der Waals surface area contributed by atoms with Gasteiger partial charge in [0.2, 0.25) is 5.95 Å². The second-order valence-corrected chi connectivity index (χ2v) is 9.37. The Kier molecular flexibility index (Phi) is 7.12. The van der Waals surface area contributed by atoms with Gasteiger partial charge in [-0.25, -0.2) is 4.98 Å². The van der Waals surface area contributed by atoms with Crippen molar-refractivity contribution in [1.29, 1.82) is 0 Å². The van der Waals surface area contributed by atoms with E-state index in [0.717, 1.165) is 25.9 Å². The van der Waals surface area contributed by atoms with Crippen molar-refractivity contribution in [2.45, 2.75) is 25.2 Å². The number of alkyl halides is 3. The first-order chi connectivity index (χ1) is 17.4. The molecule has 2 fully saturated rings. The second-order valence-electron chi connectivity index (χ2n) is 8.51. The average Bonchev–Trinajstić information content (AvgIpc) is 3.34. The maximum absolute atomic E-state index is 13.3. The summed E-state index contributed by atoms with van der Waals surface area (Å²) in [7, 11) is 0. The Balaban J connectivity index is 1.46. The lowest BCUT2D eigenvalue weighted by atomic mass is 10.1. The summed E-state index contributed by atoms with van der Waals surface area (Å²) in [5.74, 6) is 0.632. The lowest BCUT2D eigenvalue weighted by Gasteiger charge is -2.29. The Labute approximate surface area is 208 Å². The largest absolute Gasteiger partial charge is 0.573 e. The van der Waals surface area contributed by atoms with Gasteiger partial charge in [-0.05, 0) is 43.7 Å². The molecule has 3 N–H and O–H groups in total. The van der Waals surface area contributed by atoms with Gasteiger partial charge in [0.25, 0.3) is 5.56 Å². The van der Waals surface area contributed by atoms with E-state index in [2.05, 4.69) is 25.3 Å². The quantitative estimate of drug-likeness (QED) is 0.452. The van der Waals surface area contributed by atoms with Crippen LogP contribution in [-0.2, 0) is 4.74 Å². The molecule has 1 aromatic carbocycles. The molecule has 192 valence electrons. The van der Waals surface area contributed by atoms with Gasteiger partial charge in [-0.2, -0.15) is 4.98 Å². The monoisotopic (exact) mass is 522 g/mol. The summed E-state index contributed by atoms with van der Waals surface area (Å²) in [6.45, 7) is 4.09.